The minimum atomic E-state index is -0.394. The number of halogens is 1. The Morgan fingerprint density at radius 3 is 2.85 bits per heavy atom. The van der Waals surface area contributed by atoms with Crippen molar-refractivity contribution in [3.8, 4) is 0 Å². The van der Waals surface area contributed by atoms with Crippen LogP contribution in [-0.2, 0) is 16.0 Å². The van der Waals surface area contributed by atoms with Crippen molar-refractivity contribution in [1.82, 2.24) is 4.98 Å². The maximum atomic E-state index is 11.9. The van der Waals surface area contributed by atoms with Crippen molar-refractivity contribution in [1.29, 1.82) is 0 Å². The fourth-order valence-corrected chi connectivity index (χ4v) is 2.69. The van der Waals surface area contributed by atoms with Crippen LogP contribution >= 0.6 is 27.3 Å². The van der Waals surface area contributed by atoms with E-state index in [0.717, 1.165) is 4.88 Å². The zero-order valence-corrected chi connectivity index (χ0v) is 13.1. The molecule has 0 unspecified atom stereocenters. The predicted octanol–water partition coefficient (Wildman–Crippen LogP) is 2.77. The number of aryl methyl sites for hydroxylation is 1. The van der Waals surface area contributed by atoms with Gasteiger partial charge in [0.05, 0.1) is 19.2 Å². The summed E-state index contributed by atoms with van der Waals surface area (Å²) in [5, 5.41) is 3.04. The SMILES string of the molecule is COC(=O)Cc1sc(NC(=O)c2ccc(Br)o2)nc1C. The summed E-state index contributed by atoms with van der Waals surface area (Å²) in [6.45, 7) is 1.77. The molecule has 0 fully saturated rings. The number of aromatic nitrogens is 1. The number of carbonyl (C=O) groups excluding carboxylic acids is 2. The third-order valence-electron chi connectivity index (χ3n) is 2.44. The summed E-state index contributed by atoms with van der Waals surface area (Å²) in [4.78, 5) is 28.1. The molecule has 0 spiro atoms. The molecule has 0 saturated heterocycles. The second kappa shape index (κ2) is 6.19. The molecule has 2 rings (SSSR count). The van der Waals surface area contributed by atoms with Gasteiger partial charge in [-0.2, -0.15) is 0 Å². The van der Waals surface area contributed by atoms with Gasteiger partial charge in [0.15, 0.2) is 15.6 Å². The van der Waals surface area contributed by atoms with E-state index in [1.54, 1.807) is 19.1 Å². The molecule has 0 aliphatic heterocycles. The highest BCUT2D eigenvalue weighted by molar-refractivity contribution is 9.10. The van der Waals surface area contributed by atoms with Crippen molar-refractivity contribution in [3.05, 3.63) is 33.1 Å². The van der Waals surface area contributed by atoms with Gasteiger partial charge in [0.1, 0.15) is 0 Å². The van der Waals surface area contributed by atoms with Gasteiger partial charge in [-0.1, -0.05) is 0 Å². The van der Waals surface area contributed by atoms with Gasteiger partial charge in [-0.05, 0) is 35.0 Å². The minimum absolute atomic E-state index is 0.141. The number of ether oxygens (including phenoxy) is 1. The van der Waals surface area contributed by atoms with Gasteiger partial charge in [-0.15, -0.1) is 11.3 Å². The number of nitrogens with zero attached hydrogens (tertiary/aromatic N) is 1. The molecule has 0 bridgehead atoms. The first kappa shape index (κ1) is 14.7. The second-order valence-electron chi connectivity index (χ2n) is 3.84. The Balaban J connectivity index is 2.08. The zero-order chi connectivity index (χ0) is 14.7. The molecular weight excluding hydrogens is 348 g/mol. The van der Waals surface area contributed by atoms with E-state index in [2.05, 4.69) is 31.0 Å². The van der Waals surface area contributed by atoms with Gasteiger partial charge in [0.2, 0.25) is 0 Å². The number of carbonyl (C=O) groups is 2. The molecule has 2 heterocycles. The summed E-state index contributed by atoms with van der Waals surface area (Å²) in [6, 6.07) is 3.18. The lowest BCUT2D eigenvalue weighted by atomic mass is 10.3. The number of furan rings is 1. The van der Waals surface area contributed by atoms with Gasteiger partial charge >= 0.3 is 5.97 Å². The quantitative estimate of drug-likeness (QED) is 0.849. The van der Waals surface area contributed by atoms with Crippen LogP contribution in [-0.4, -0.2) is 24.0 Å². The van der Waals surface area contributed by atoms with Crippen LogP contribution in [0.15, 0.2) is 21.2 Å². The highest BCUT2D eigenvalue weighted by Gasteiger charge is 2.16. The van der Waals surface area contributed by atoms with Crippen molar-refractivity contribution in [2.24, 2.45) is 0 Å². The predicted molar refractivity (Wildman–Crippen MR) is 76.9 cm³/mol. The molecule has 20 heavy (non-hydrogen) atoms. The van der Waals surface area contributed by atoms with E-state index in [1.165, 1.54) is 18.4 Å². The van der Waals surface area contributed by atoms with Crippen LogP contribution in [0.3, 0.4) is 0 Å². The second-order valence-corrected chi connectivity index (χ2v) is 5.70. The van der Waals surface area contributed by atoms with Crippen molar-refractivity contribution < 1.29 is 18.7 Å². The van der Waals surface area contributed by atoms with E-state index >= 15 is 0 Å². The van der Waals surface area contributed by atoms with Crippen LogP contribution < -0.4 is 5.32 Å². The van der Waals surface area contributed by atoms with E-state index in [4.69, 9.17) is 4.42 Å². The average Bonchev–Trinajstić information content (AvgIpc) is 2.96. The van der Waals surface area contributed by atoms with Gasteiger partial charge < -0.3 is 9.15 Å². The Hall–Kier alpha value is -1.67. The lowest BCUT2D eigenvalue weighted by Gasteiger charge is -1.97. The van der Waals surface area contributed by atoms with E-state index in [0.29, 0.717) is 15.5 Å². The molecule has 8 heteroatoms. The van der Waals surface area contributed by atoms with Crippen LogP contribution in [0.4, 0.5) is 5.13 Å². The standard InChI is InChI=1S/C12H11BrN2O4S/c1-6-8(5-10(16)18-2)20-12(14-6)15-11(17)7-3-4-9(13)19-7/h3-4H,5H2,1-2H3,(H,14,15,17). The topological polar surface area (TPSA) is 81.4 Å². The Morgan fingerprint density at radius 1 is 1.50 bits per heavy atom. The lowest BCUT2D eigenvalue weighted by molar-refractivity contribution is -0.139. The van der Waals surface area contributed by atoms with Gasteiger partial charge in [0.25, 0.3) is 5.91 Å². The Bertz CT molecular complexity index is 650. The number of thiazole rings is 1. The smallest absolute Gasteiger partial charge is 0.310 e. The summed E-state index contributed by atoms with van der Waals surface area (Å²) in [5.41, 5.74) is 0.691. The molecule has 0 aliphatic rings. The van der Waals surface area contributed by atoms with Crippen LogP contribution in [0.25, 0.3) is 0 Å². The number of hydrogen-bond acceptors (Lipinski definition) is 6. The number of nitrogens with one attached hydrogen (secondary N) is 1. The third-order valence-corrected chi connectivity index (χ3v) is 3.94. The van der Waals surface area contributed by atoms with Crippen molar-refractivity contribution in [2.45, 2.75) is 13.3 Å². The number of anilines is 1. The summed E-state index contributed by atoms with van der Waals surface area (Å²) in [6.07, 6.45) is 0.141. The molecule has 1 amide bonds. The maximum Gasteiger partial charge on any atom is 0.310 e. The maximum absolute atomic E-state index is 11.9. The average molecular weight is 359 g/mol. The molecule has 0 saturated carbocycles. The molecule has 6 nitrogen and oxygen atoms in total. The summed E-state index contributed by atoms with van der Waals surface area (Å²) < 4.78 is 10.2. The third kappa shape index (κ3) is 3.45. The Morgan fingerprint density at radius 2 is 2.25 bits per heavy atom. The summed E-state index contributed by atoms with van der Waals surface area (Å²) in [7, 11) is 1.33. The van der Waals surface area contributed by atoms with Crippen molar-refractivity contribution in [3.63, 3.8) is 0 Å². The van der Waals surface area contributed by atoms with Crippen molar-refractivity contribution >= 4 is 44.3 Å². The van der Waals surface area contributed by atoms with Crippen LogP contribution in [0.5, 0.6) is 0 Å². The van der Waals surface area contributed by atoms with Gasteiger partial charge in [0, 0.05) is 4.88 Å². The molecule has 0 aromatic carbocycles. The number of amides is 1. The monoisotopic (exact) mass is 358 g/mol. The molecule has 2 aromatic heterocycles. The number of rotatable bonds is 4. The van der Waals surface area contributed by atoms with E-state index in [9.17, 15) is 9.59 Å². The molecule has 0 atom stereocenters. The molecule has 0 radical (unpaired) electrons. The summed E-state index contributed by atoms with van der Waals surface area (Å²) in [5.74, 6) is -0.557. The van der Waals surface area contributed by atoms with E-state index < -0.39 is 5.91 Å². The van der Waals surface area contributed by atoms with Crippen LogP contribution in [0.1, 0.15) is 21.1 Å². The minimum Gasteiger partial charge on any atom is -0.469 e. The first-order valence-corrected chi connectivity index (χ1v) is 7.20. The molecule has 0 aliphatic carbocycles. The fraction of sp³-hybridized carbons (Fsp3) is 0.250. The van der Waals surface area contributed by atoms with E-state index in [1.807, 2.05) is 0 Å². The van der Waals surface area contributed by atoms with Crippen LogP contribution in [0, 0.1) is 6.92 Å². The lowest BCUT2D eigenvalue weighted by Crippen LogP contribution is -2.10. The van der Waals surface area contributed by atoms with Gasteiger partial charge in [-0.3, -0.25) is 14.9 Å². The Kier molecular flexibility index (Phi) is 4.56. The normalized spacial score (nSPS) is 10.3. The first-order chi connectivity index (χ1) is 9.49. The fourth-order valence-electron chi connectivity index (χ4n) is 1.44. The van der Waals surface area contributed by atoms with E-state index in [-0.39, 0.29) is 18.2 Å². The summed E-state index contributed by atoms with van der Waals surface area (Å²) >= 11 is 4.36. The van der Waals surface area contributed by atoms with Crippen LogP contribution in [0.2, 0.25) is 0 Å². The largest absolute Gasteiger partial charge is 0.469 e. The number of esters is 1. The number of hydrogen-bond donors (Lipinski definition) is 1. The zero-order valence-electron chi connectivity index (χ0n) is 10.7. The molecule has 106 valence electrons. The molecular formula is C12H11BrN2O4S. The Labute approximate surface area is 127 Å². The molecule has 1 N–H and O–H groups in total. The number of methoxy groups -OCH3 is 1. The van der Waals surface area contributed by atoms with Gasteiger partial charge in [-0.25, -0.2) is 4.98 Å². The van der Waals surface area contributed by atoms with Crippen molar-refractivity contribution in [2.75, 3.05) is 12.4 Å². The first-order valence-electron chi connectivity index (χ1n) is 5.59. The molecule has 2 aromatic rings. The highest BCUT2D eigenvalue weighted by atomic mass is 79.9. The highest BCUT2D eigenvalue weighted by Crippen LogP contribution is 2.24.